The van der Waals surface area contributed by atoms with E-state index < -0.39 is 5.54 Å². The first-order valence-corrected chi connectivity index (χ1v) is 10.3. The molecule has 0 aromatic carbocycles. The summed E-state index contributed by atoms with van der Waals surface area (Å²) in [6.45, 7) is 1.94. The Morgan fingerprint density at radius 2 is 1.75 bits per heavy atom. The van der Waals surface area contributed by atoms with Gasteiger partial charge in [0.15, 0.2) is 5.75 Å². The maximum Gasteiger partial charge on any atom is 0.257 e. The van der Waals surface area contributed by atoms with Crippen molar-refractivity contribution < 1.29 is 9.47 Å². The van der Waals surface area contributed by atoms with Gasteiger partial charge in [-0.2, -0.15) is 0 Å². The van der Waals surface area contributed by atoms with E-state index in [9.17, 15) is 0 Å². The number of methoxy groups -OCH3 is 1. The van der Waals surface area contributed by atoms with E-state index in [0.29, 0.717) is 11.6 Å². The number of pyridine rings is 2. The van der Waals surface area contributed by atoms with Gasteiger partial charge in [-0.1, -0.05) is 0 Å². The van der Waals surface area contributed by atoms with Crippen molar-refractivity contribution in [1.82, 2.24) is 15.3 Å². The van der Waals surface area contributed by atoms with E-state index in [2.05, 4.69) is 10.3 Å². The summed E-state index contributed by atoms with van der Waals surface area (Å²) in [7, 11) is 1.66. The van der Waals surface area contributed by atoms with Gasteiger partial charge in [0, 0.05) is 12.4 Å². The summed E-state index contributed by atoms with van der Waals surface area (Å²) in [5.74, 6) is 1.51. The lowest BCUT2D eigenvalue weighted by Gasteiger charge is -2.40. The van der Waals surface area contributed by atoms with Gasteiger partial charge in [-0.3, -0.25) is 4.98 Å². The van der Waals surface area contributed by atoms with Gasteiger partial charge in [-0.15, -0.1) is 0 Å². The van der Waals surface area contributed by atoms with Crippen LogP contribution in [0.3, 0.4) is 0 Å². The molecule has 1 aliphatic carbocycles. The zero-order chi connectivity index (χ0) is 19.4. The maximum absolute atomic E-state index is 7.17. The van der Waals surface area contributed by atoms with Crippen LogP contribution in [0, 0.1) is 5.92 Å². The van der Waals surface area contributed by atoms with Crippen LogP contribution in [0.1, 0.15) is 49.8 Å². The summed E-state index contributed by atoms with van der Waals surface area (Å²) in [6, 6.07) is 7.94. The molecule has 6 nitrogen and oxygen atoms in total. The Kier molecular flexibility index (Phi) is 5.78. The second-order valence-corrected chi connectivity index (χ2v) is 7.86. The standard InChI is InChI=1S/C22H30N4O2/c1-27-19-6-7-20(26-21(19)28-18-4-2-3-5-18)22(23,16-8-12-24-13-9-16)17-10-14-25-15-11-17/h6-9,12-13,17-18,25H,2-5,10-11,14-15,23H2,1H3. The van der Waals surface area contributed by atoms with Crippen molar-refractivity contribution >= 4 is 0 Å². The van der Waals surface area contributed by atoms with E-state index in [0.717, 1.165) is 50.0 Å². The molecule has 1 unspecified atom stereocenters. The molecule has 0 spiro atoms. The fourth-order valence-corrected chi connectivity index (χ4v) is 4.56. The average Bonchev–Trinajstić information content (AvgIpc) is 3.27. The molecule has 1 saturated carbocycles. The maximum atomic E-state index is 7.17. The van der Waals surface area contributed by atoms with Gasteiger partial charge in [0.2, 0.25) is 0 Å². The Morgan fingerprint density at radius 3 is 2.43 bits per heavy atom. The molecule has 1 aliphatic heterocycles. The summed E-state index contributed by atoms with van der Waals surface area (Å²) >= 11 is 0. The molecular weight excluding hydrogens is 352 g/mol. The van der Waals surface area contributed by atoms with E-state index in [1.807, 2.05) is 24.3 Å². The smallest absolute Gasteiger partial charge is 0.257 e. The molecule has 1 atom stereocenters. The second kappa shape index (κ2) is 8.45. The normalized spacial score (nSPS) is 20.6. The fourth-order valence-electron chi connectivity index (χ4n) is 4.56. The molecule has 4 rings (SSSR count). The predicted molar refractivity (Wildman–Crippen MR) is 108 cm³/mol. The number of hydrogen-bond acceptors (Lipinski definition) is 6. The van der Waals surface area contributed by atoms with Crippen LogP contribution in [0.4, 0.5) is 0 Å². The molecule has 28 heavy (non-hydrogen) atoms. The topological polar surface area (TPSA) is 82.3 Å². The summed E-state index contributed by atoms with van der Waals surface area (Å²) in [4.78, 5) is 9.10. The largest absolute Gasteiger partial charge is 0.491 e. The van der Waals surface area contributed by atoms with Gasteiger partial charge in [0.05, 0.1) is 18.3 Å². The highest BCUT2D eigenvalue weighted by molar-refractivity contribution is 5.41. The number of nitrogens with one attached hydrogen (secondary N) is 1. The minimum absolute atomic E-state index is 0.212. The van der Waals surface area contributed by atoms with Gasteiger partial charge in [0.1, 0.15) is 6.10 Å². The first-order valence-electron chi connectivity index (χ1n) is 10.3. The summed E-state index contributed by atoms with van der Waals surface area (Å²) < 4.78 is 11.8. The molecule has 2 aromatic heterocycles. The second-order valence-electron chi connectivity index (χ2n) is 7.86. The highest BCUT2D eigenvalue weighted by atomic mass is 16.5. The van der Waals surface area contributed by atoms with E-state index in [-0.39, 0.29) is 12.0 Å². The minimum Gasteiger partial charge on any atom is -0.491 e. The molecule has 0 radical (unpaired) electrons. The highest BCUT2D eigenvalue weighted by Crippen LogP contribution is 2.40. The lowest BCUT2D eigenvalue weighted by Crippen LogP contribution is -2.49. The number of ether oxygens (including phenoxy) is 2. The molecule has 150 valence electrons. The van der Waals surface area contributed by atoms with Gasteiger partial charge >= 0.3 is 0 Å². The minimum atomic E-state index is -0.689. The highest BCUT2D eigenvalue weighted by Gasteiger charge is 2.41. The van der Waals surface area contributed by atoms with Crippen LogP contribution in [0.15, 0.2) is 36.7 Å². The average molecular weight is 383 g/mol. The van der Waals surface area contributed by atoms with Crippen molar-refractivity contribution in [2.45, 2.75) is 50.2 Å². The predicted octanol–water partition coefficient (Wildman–Crippen LogP) is 3.01. The van der Waals surface area contributed by atoms with Gasteiger partial charge in [-0.05, 0) is 87.4 Å². The van der Waals surface area contributed by atoms with Crippen molar-refractivity contribution in [3.63, 3.8) is 0 Å². The Bertz CT molecular complexity index is 773. The van der Waals surface area contributed by atoms with Gasteiger partial charge < -0.3 is 20.5 Å². The van der Waals surface area contributed by atoms with Crippen LogP contribution in [0.2, 0.25) is 0 Å². The lowest BCUT2D eigenvalue weighted by molar-refractivity contribution is 0.188. The van der Waals surface area contributed by atoms with Gasteiger partial charge in [-0.25, -0.2) is 4.98 Å². The van der Waals surface area contributed by atoms with Crippen molar-refractivity contribution in [3.05, 3.63) is 47.9 Å². The fraction of sp³-hybridized carbons (Fsp3) is 0.545. The molecular formula is C22H30N4O2. The molecule has 0 amide bonds. The van der Waals surface area contributed by atoms with Crippen LogP contribution in [-0.4, -0.2) is 36.3 Å². The zero-order valence-corrected chi connectivity index (χ0v) is 16.6. The Balaban J connectivity index is 1.75. The summed E-state index contributed by atoms with van der Waals surface area (Å²) in [6.07, 6.45) is 10.4. The Hall–Kier alpha value is -2.18. The molecule has 1 saturated heterocycles. The van der Waals surface area contributed by atoms with E-state index in [1.165, 1.54) is 12.8 Å². The van der Waals surface area contributed by atoms with Crippen LogP contribution in [-0.2, 0) is 5.54 Å². The molecule has 0 bridgehead atoms. The number of hydrogen-bond donors (Lipinski definition) is 2. The molecule has 2 aromatic rings. The summed E-state index contributed by atoms with van der Waals surface area (Å²) in [5.41, 5.74) is 8.35. The third-order valence-corrected chi connectivity index (χ3v) is 6.19. The van der Waals surface area contributed by atoms with E-state index in [4.69, 9.17) is 20.2 Å². The van der Waals surface area contributed by atoms with Crippen LogP contribution in [0.25, 0.3) is 0 Å². The lowest BCUT2D eigenvalue weighted by atomic mass is 9.72. The monoisotopic (exact) mass is 382 g/mol. The van der Waals surface area contributed by atoms with Crippen LogP contribution in [0.5, 0.6) is 11.6 Å². The number of aromatic nitrogens is 2. The first-order chi connectivity index (χ1) is 13.7. The third kappa shape index (κ3) is 3.71. The number of piperidine rings is 1. The molecule has 2 aliphatic rings. The van der Waals surface area contributed by atoms with Crippen molar-refractivity contribution in [2.24, 2.45) is 11.7 Å². The molecule has 3 N–H and O–H groups in total. The van der Waals surface area contributed by atoms with Crippen molar-refractivity contribution in [2.75, 3.05) is 20.2 Å². The quantitative estimate of drug-likeness (QED) is 0.799. The molecule has 3 heterocycles. The number of nitrogens with two attached hydrogens (primary N) is 1. The van der Waals surface area contributed by atoms with E-state index in [1.54, 1.807) is 19.5 Å². The first kappa shape index (κ1) is 19.2. The Labute approximate surface area is 166 Å². The van der Waals surface area contributed by atoms with Crippen LogP contribution >= 0.6 is 0 Å². The van der Waals surface area contributed by atoms with Gasteiger partial charge in [0.25, 0.3) is 5.88 Å². The SMILES string of the molecule is COc1ccc(C(N)(c2ccncc2)C2CCNCC2)nc1OC1CCCC1. The number of rotatable bonds is 6. The zero-order valence-electron chi connectivity index (χ0n) is 16.6. The van der Waals surface area contributed by atoms with E-state index >= 15 is 0 Å². The van der Waals surface area contributed by atoms with Crippen LogP contribution < -0.4 is 20.5 Å². The molecule has 2 fully saturated rings. The Morgan fingerprint density at radius 1 is 1.04 bits per heavy atom. The number of nitrogens with zero attached hydrogens (tertiary/aromatic N) is 2. The summed E-state index contributed by atoms with van der Waals surface area (Å²) in [5, 5.41) is 3.43. The third-order valence-electron chi connectivity index (χ3n) is 6.19. The van der Waals surface area contributed by atoms with Crippen molar-refractivity contribution in [3.8, 4) is 11.6 Å². The molecule has 6 heteroatoms. The van der Waals surface area contributed by atoms with Crippen molar-refractivity contribution in [1.29, 1.82) is 0 Å².